The first-order chi connectivity index (χ1) is 8.40. The summed E-state index contributed by atoms with van der Waals surface area (Å²) in [5.41, 5.74) is 0.973. The molecule has 8 heteroatoms. The van der Waals surface area contributed by atoms with E-state index in [-0.39, 0.29) is 0 Å². The molecule has 0 radical (unpaired) electrons. The predicted molar refractivity (Wildman–Crippen MR) is 70.6 cm³/mol. The van der Waals surface area contributed by atoms with Crippen LogP contribution in [0.2, 0.25) is 0 Å². The summed E-state index contributed by atoms with van der Waals surface area (Å²) in [5, 5.41) is 10.1. The molecule has 0 aromatic carbocycles. The largest absolute Gasteiger partial charge is 0.369 e. The Hall–Kier alpha value is -1.28. The van der Waals surface area contributed by atoms with Crippen LogP contribution in [0, 0.1) is 0 Å². The van der Waals surface area contributed by atoms with Gasteiger partial charge in [0.2, 0.25) is 0 Å². The third-order valence-corrected chi connectivity index (χ3v) is 3.53. The van der Waals surface area contributed by atoms with Crippen LogP contribution in [0.3, 0.4) is 0 Å². The second kappa shape index (κ2) is 6.45. The van der Waals surface area contributed by atoms with Crippen LogP contribution in [0.1, 0.15) is 5.69 Å². The van der Waals surface area contributed by atoms with Crippen molar-refractivity contribution in [1.82, 2.24) is 13.9 Å². The van der Waals surface area contributed by atoms with Gasteiger partial charge in [-0.2, -0.15) is 20.5 Å². The summed E-state index contributed by atoms with van der Waals surface area (Å²) in [6.45, 7) is 0.850. The van der Waals surface area contributed by atoms with Gasteiger partial charge in [-0.15, -0.1) is 0 Å². The van der Waals surface area contributed by atoms with Crippen LogP contribution in [0.4, 0.5) is 11.6 Å². The van der Waals surface area contributed by atoms with Gasteiger partial charge in [0.1, 0.15) is 6.26 Å². The lowest BCUT2D eigenvalue weighted by molar-refractivity contribution is 0.414. The predicted octanol–water partition coefficient (Wildman–Crippen LogP) is 1.91. The second-order valence-electron chi connectivity index (χ2n) is 3.18. The van der Waals surface area contributed by atoms with Crippen LogP contribution in [-0.4, -0.2) is 33.2 Å². The molecule has 6 nitrogen and oxygen atoms in total. The molecule has 0 saturated heterocycles. The van der Waals surface area contributed by atoms with Crippen molar-refractivity contribution < 1.29 is 4.52 Å². The molecular formula is C9H13N5OS2. The van der Waals surface area contributed by atoms with Crippen molar-refractivity contribution >= 4 is 35.1 Å². The third-order valence-electron chi connectivity index (χ3n) is 2.01. The molecule has 0 amide bonds. The summed E-state index contributed by atoms with van der Waals surface area (Å²) in [6, 6.07) is 1.88. The van der Waals surface area contributed by atoms with E-state index in [1.807, 2.05) is 13.1 Å². The Kier molecular flexibility index (Phi) is 4.63. The number of aromatic nitrogens is 3. The molecule has 2 N–H and O–H groups in total. The Balaban J connectivity index is 1.63. The number of hydrogen-bond donors (Lipinski definition) is 2. The van der Waals surface area contributed by atoms with Crippen LogP contribution < -0.4 is 10.6 Å². The van der Waals surface area contributed by atoms with Gasteiger partial charge in [0.15, 0.2) is 11.6 Å². The summed E-state index contributed by atoms with van der Waals surface area (Å²) >= 11 is 2.99. The van der Waals surface area contributed by atoms with Crippen molar-refractivity contribution in [1.29, 1.82) is 0 Å². The highest BCUT2D eigenvalue weighted by Crippen LogP contribution is 2.17. The summed E-state index contributed by atoms with van der Waals surface area (Å²) in [5.74, 6) is 3.47. The van der Waals surface area contributed by atoms with Crippen LogP contribution in [0.25, 0.3) is 0 Å². The number of anilines is 2. The molecule has 2 aromatic rings. The maximum atomic E-state index is 4.76. The van der Waals surface area contributed by atoms with E-state index >= 15 is 0 Å². The van der Waals surface area contributed by atoms with Crippen molar-refractivity contribution in [3.63, 3.8) is 0 Å². The molecule has 0 aliphatic rings. The average Bonchev–Trinajstić information content (AvgIpc) is 2.98. The smallest absolute Gasteiger partial charge is 0.184 e. The minimum Gasteiger partial charge on any atom is -0.369 e. The topological polar surface area (TPSA) is 75.9 Å². The Labute approximate surface area is 107 Å². The van der Waals surface area contributed by atoms with E-state index in [9.17, 15) is 0 Å². The second-order valence-corrected chi connectivity index (χ2v) is 4.82. The van der Waals surface area contributed by atoms with Crippen molar-refractivity contribution in [3.8, 4) is 0 Å². The van der Waals surface area contributed by atoms with E-state index in [0.29, 0.717) is 0 Å². The highest BCUT2D eigenvalue weighted by molar-refractivity contribution is 7.98. The lowest BCUT2D eigenvalue weighted by Crippen LogP contribution is -2.06. The number of hydrogen-bond acceptors (Lipinski definition) is 8. The van der Waals surface area contributed by atoms with Crippen LogP contribution in [-0.2, 0) is 5.75 Å². The molecular weight excluding hydrogens is 258 g/mol. The van der Waals surface area contributed by atoms with Crippen molar-refractivity contribution in [3.05, 3.63) is 18.0 Å². The minimum atomic E-state index is 0.802. The van der Waals surface area contributed by atoms with Gasteiger partial charge in [0, 0.05) is 31.2 Å². The molecule has 2 aromatic heterocycles. The van der Waals surface area contributed by atoms with Crippen molar-refractivity contribution in [2.24, 2.45) is 0 Å². The van der Waals surface area contributed by atoms with Crippen LogP contribution >= 0.6 is 23.5 Å². The quantitative estimate of drug-likeness (QED) is 0.745. The SMILES string of the molecule is CNc1nsnc1NCCSCc1ccon1. The van der Waals surface area contributed by atoms with E-state index in [1.54, 1.807) is 18.0 Å². The monoisotopic (exact) mass is 271 g/mol. The van der Waals surface area contributed by atoms with Gasteiger partial charge in [-0.05, 0) is 0 Å². The Morgan fingerprint density at radius 2 is 2.29 bits per heavy atom. The molecule has 0 unspecified atom stereocenters. The zero-order chi connectivity index (χ0) is 11.9. The van der Waals surface area contributed by atoms with E-state index in [0.717, 1.165) is 35.4 Å². The first-order valence-corrected chi connectivity index (χ1v) is 7.00. The Morgan fingerprint density at radius 1 is 1.41 bits per heavy atom. The fourth-order valence-electron chi connectivity index (χ4n) is 1.20. The van der Waals surface area contributed by atoms with E-state index in [1.165, 1.54) is 11.7 Å². The van der Waals surface area contributed by atoms with E-state index < -0.39 is 0 Å². The molecule has 0 spiro atoms. The average molecular weight is 271 g/mol. The Bertz CT molecular complexity index is 430. The highest BCUT2D eigenvalue weighted by Gasteiger charge is 2.04. The molecule has 0 saturated carbocycles. The van der Waals surface area contributed by atoms with E-state index in [4.69, 9.17) is 4.52 Å². The molecule has 0 aliphatic heterocycles. The molecule has 2 rings (SSSR count). The fraction of sp³-hybridized carbons (Fsp3) is 0.444. The van der Waals surface area contributed by atoms with Gasteiger partial charge in [0.05, 0.1) is 17.4 Å². The summed E-state index contributed by atoms with van der Waals surface area (Å²) in [7, 11) is 1.83. The first-order valence-electron chi connectivity index (χ1n) is 5.11. The van der Waals surface area contributed by atoms with Gasteiger partial charge in [0.25, 0.3) is 0 Å². The lowest BCUT2D eigenvalue weighted by atomic mass is 10.5. The third kappa shape index (κ3) is 3.60. The number of rotatable bonds is 7. The van der Waals surface area contributed by atoms with Crippen LogP contribution in [0.5, 0.6) is 0 Å². The number of nitrogens with one attached hydrogen (secondary N) is 2. The fourth-order valence-corrected chi connectivity index (χ4v) is 2.48. The van der Waals surface area contributed by atoms with Crippen molar-refractivity contribution in [2.75, 3.05) is 30.0 Å². The summed E-state index contributed by atoms with van der Waals surface area (Å²) < 4.78 is 13.0. The first kappa shape index (κ1) is 12.2. The number of nitrogens with zero attached hydrogens (tertiary/aromatic N) is 3. The normalized spacial score (nSPS) is 10.4. The zero-order valence-electron chi connectivity index (χ0n) is 9.34. The van der Waals surface area contributed by atoms with Gasteiger partial charge in [-0.25, -0.2) is 0 Å². The van der Waals surface area contributed by atoms with Gasteiger partial charge in [-0.1, -0.05) is 5.16 Å². The Morgan fingerprint density at radius 3 is 3.06 bits per heavy atom. The maximum Gasteiger partial charge on any atom is 0.184 e. The zero-order valence-corrected chi connectivity index (χ0v) is 11.0. The summed E-state index contributed by atoms with van der Waals surface area (Å²) in [4.78, 5) is 0. The molecule has 17 heavy (non-hydrogen) atoms. The summed E-state index contributed by atoms with van der Waals surface area (Å²) in [6.07, 6.45) is 1.59. The molecule has 0 atom stereocenters. The van der Waals surface area contributed by atoms with Gasteiger partial charge >= 0.3 is 0 Å². The minimum absolute atomic E-state index is 0.802. The molecule has 0 aliphatic carbocycles. The van der Waals surface area contributed by atoms with Gasteiger partial charge < -0.3 is 15.2 Å². The highest BCUT2D eigenvalue weighted by atomic mass is 32.2. The molecule has 2 heterocycles. The maximum absolute atomic E-state index is 4.76. The molecule has 0 fully saturated rings. The van der Waals surface area contributed by atoms with Crippen LogP contribution in [0.15, 0.2) is 16.9 Å². The lowest BCUT2D eigenvalue weighted by Gasteiger charge is -2.03. The van der Waals surface area contributed by atoms with Gasteiger partial charge in [-0.3, -0.25) is 0 Å². The molecule has 92 valence electrons. The standard InChI is InChI=1S/C9H13N5OS2/c1-10-8-9(14-17-13-8)11-3-5-16-6-7-2-4-15-12-7/h2,4H,3,5-6H2,1H3,(H,10,13)(H,11,14). The van der Waals surface area contributed by atoms with Crippen molar-refractivity contribution in [2.45, 2.75) is 5.75 Å². The number of thioether (sulfide) groups is 1. The molecule has 0 bridgehead atoms. The van der Waals surface area contributed by atoms with E-state index in [2.05, 4.69) is 24.5 Å².